The van der Waals surface area contributed by atoms with E-state index in [0.717, 1.165) is 36.9 Å². The van der Waals surface area contributed by atoms with Crippen molar-refractivity contribution in [1.29, 1.82) is 0 Å². The van der Waals surface area contributed by atoms with Gasteiger partial charge in [0.05, 0.1) is 16.2 Å². The van der Waals surface area contributed by atoms with Gasteiger partial charge in [0, 0.05) is 18.8 Å². The van der Waals surface area contributed by atoms with Crippen LogP contribution in [0.4, 0.5) is 5.69 Å². The van der Waals surface area contributed by atoms with Gasteiger partial charge in [0.1, 0.15) is 0 Å². The number of hydrogen-bond acceptors (Lipinski definition) is 3. The third-order valence-corrected chi connectivity index (χ3v) is 5.20. The predicted octanol–water partition coefficient (Wildman–Crippen LogP) is 4.38. The van der Waals surface area contributed by atoms with Gasteiger partial charge in [0.25, 0.3) is 5.91 Å². The molecule has 2 aromatic carbocycles. The number of amides is 1. The third-order valence-electron chi connectivity index (χ3n) is 4.87. The van der Waals surface area contributed by atoms with E-state index in [1.54, 1.807) is 24.3 Å². The minimum Gasteiger partial charge on any atom is -0.389 e. The van der Waals surface area contributed by atoms with Gasteiger partial charge in [0.2, 0.25) is 0 Å². The van der Waals surface area contributed by atoms with Crippen LogP contribution in [-0.2, 0) is 6.54 Å². The molecule has 0 heterocycles. The van der Waals surface area contributed by atoms with Crippen LogP contribution in [0.1, 0.15) is 48.0 Å². The third kappa shape index (κ3) is 5.07. The summed E-state index contributed by atoms with van der Waals surface area (Å²) >= 11 is 6.08. The topological polar surface area (TPSA) is 61.4 Å². The highest BCUT2D eigenvalue weighted by molar-refractivity contribution is 6.34. The van der Waals surface area contributed by atoms with Crippen molar-refractivity contribution in [1.82, 2.24) is 5.32 Å². The van der Waals surface area contributed by atoms with E-state index in [1.807, 2.05) is 24.3 Å². The molecule has 0 saturated heterocycles. The summed E-state index contributed by atoms with van der Waals surface area (Å²) in [5.74, 6) is -0.225. The first-order chi connectivity index (χ1) is 12.6. The van der Waals surface area contributed by atoms with Gasteiger partial charge < -0.3 is 15.7 Å². The van der Waals surface area contributed by atoms with E-state index in [2.05, 4.69) is 10.6 Å². The molecular weight excluding hydrogens is 348 g/mol. The van der Waals surface area contributed by atoms with Crippen LogP contribution in [0, 0.1) is 0 Å². The average Bonchev–Trinajstić information content (AvgIpc) is 2.63. The van der Waals surface area contributed by atoms with Gasteiger partial charge in [-0.2, -0.15) is 0 Å². The highest BCUT2D eigenvalue weighted by Gasteiger charge is 2.28. The summed E-state index contributed by atoms with van der Waals surface area (Å²) in [4.78, 5) is 12.4. The number of benzene rings is 2. The standard InChI is InChI=1S/C21H25ClN2O2/c22-19-10-3-2-9-18(19)20(25)24-17-8-6-7-16(13-17)14-23-15-21(26)11-4-1-5-12-21/h2-3,6-10,13,23,26H,1,4-5,11-12,14-15H2,(H,24,25). The fourth-order valence-corrected chi connectivity index (χ4v) is 3.65. The molecule has 0 aromatic heterocycles. The summed E-state index contributed by atoms with van der Waals surface area (Å²) in [6.45, 7) is 1.25. The Morgan fingerprint density at radius 2 is 1.85 bits per heavy atom. The van der Waals surface area contributed by atoms with Crippen molar-refractivity contribution in [2.75, 3.05) is 11.9 Å². The summed E-state index contributed by atoms with van der Waals surface area (Å²) in [5, 5.41) is 17.2. The number of halogens is 1. The zero-order chi connectivity index (χ0) is 18.4. The molecule has 5 heteroatoms. The summed E-state index contributed by atoms with van der Waals surface area (Å²) in [5.41, 5.74) is 1.66. The van der Waals surface area contributed by atoms with E-state index in [-0.39, 0.29) is 5.91 Å². The highest BCUT2D eigenvalue weighted by atomic mass is 35.5. The highest BCUT2D eigenvalue weighted by Crippen LogP contribution is 2.27. The second-order valence-electron chi connectivity index (χ2n) is 7.02. The van der Waals surface area contributed by atoms with Crippen molar-refractivity contribution in [3.8, 4) is 0 Å². The number of rotatable bonds is 6. The Morgan fingerprint density at radius 1 is 1.08 bits per heavy atom. The molecule has 0 radical (unpaired) electrons. The van der Waals surface area contributed by atoms with E-state index in [4.69, 9.17) is 11.6 Å². The molecule has 138 valence electrons. The Bertz CT molecular complexity index is 757. The predicted molar refractivity (Wildman–Crippen MR) is 106 cm³/mol. The van der Waals surface area contributed by atoms with Crippen LogP contribution in [0.3, 0.4) is 0 Å². The van der Waals surface area contributed by atoms with Crippen molar-refractivity contribution in [2.45, 2.75) is 44.2 Å². The molecule has 2 aromatic rings. The fourth-order valence-electron chi connectivity index (χ4n) is 3.43. The lowest BCUT2D eigenvalue weighted by molar-refractivity contribution is 0.00467. The lowest BCUT2D eigenvalue weighted by Crippen LogP contribution is -2.41. The number of carbonyl (C=O) groups excluding carboxylic acids is 1. The number of nitrogens with one attached hydrogen (secondary N) is 2. The molecule has 0 unspecified atom stereocenters. The number of aliphatic hydroxyl groups is 1. The zero-order valence-electron chi connectivity index (χ0n) is 14.8. The van der Waals surface area contributed by atoms with Crippen LogP contribution in [0.15, 0.2) is 48.5 Å². The zero-order valence-corrected chi connectivity index (χ0v) is 15.6. The summed E-state index contributed by atoms with van der Waals surface area (Å²) < 4.78 is 0. The Kier molecular flexibility index (Phi) is 6.30. The second kappa shape index (κ2) is 8.67. The maximum absolute atomic E-state index is 12.4. The summed E-state index contributed by atoms with van der Waals surface area (Å²) in [7, 11) is 0. The smallest absolute Gasteiger partial charge is 0.257 e. The van der Waals surface area contributed by atoms with Crippen LogP contribution in [0.2, 0.25) is 5.02 Å². The number of anilines is 1. The minimum atomic E-state index is -0.575. The van der Waals surface area contributed by atoms with Crippen LogP contribution < -0.4 is 10.6 Å². The Balaban J connectivity index is 1.56. The Labute approximate surface area is 159 Å². The second-order valence-corrected chi connectivity index (χ2v) is 7.43. The number of carbonyl (C=O) groups is 1. The van der Waals surface area contributed by atoms with Gasteiger partial charge in [-0.15, -0.1) is 0 Å². The van der Waals surface area contributed by atoms with E-state index < -0.39 is 5.60 Å². The molecule has 1 aliphatic carbocycles. The first-order valence-electron chi connectivity index (χ1n) is 9.14. The maximum atomic E-state index is 12.4. The van der Waals surface area contributed by atoms with Crippen LogP contribution in [-0.4, -0.2) is 23.2 Å². The van der Waals surface area contributed by atoms with Crippen molar-refractivity contribution in [3.63, 3.8) is 0 Å². The van der Waals surface area contributed by atoms with Crippen LogP contribution in [0.5, 0.6) is 0 Å². The van der Waals surface area contributed by atoms with Crippen LogP contribution >= 0.6 is 11.6 Å². The van der Waals surface area contributed by atoms with Gasteiger partial charge >= 0.3 is 0 Å². The quantitative estimate of drug-likeness (QED) is 0.705. The summed E-state index contributed by atoms with van der Waals surface area (Å²) in [6.07, 6.45) is 5.15. The van der Waals surface area contributed by atoms with E-state index in [0.29, 0.717) is 23.7 Å². The maximum Gasteiger partial charge on any atom is 0.257 e. The molecule has 0 spiro atoms. The largest absolute Gasteiger partial charge is 0.389 e. The van der Waals surface area contributed by atoms with E-state index in [1.165, 1.54) is 6.42 Å². The van der Waals surface area contributed by atoms with Gasteiger partial charge in [-0.3, -0.25) is 4.79 Å². The lowest BCUT2D eigenvalue weighted by Gasteiger charge is -2.32. The molecule has 0 atom stereocenters. The van der Waals surface area contributed by atoms with Gasteiger partial charge in [-0.05, 0) is 42.7 Å². The van der Waals surface area contributed by atoms with Gasteiger partial charge in [0.15, 0.2) is 0 Å². The van der Waals surface area contributed by atoms with Crippen molar-refractivity contribution in [2.24, 2.45) is 0 Å². The molecular formula is C21H25ClN2O2. The monoisotopic (exact) mass is 372 g/mol. The minimum absolute atomic E-state index is 0.225. The first kappa shape index (κ1) is 18.9. The normalized spacial score (nSPS) is 16.2. The SMILES string of the molecule is O=C(Nc1cccc(CNCC2(O)CCCCC2)c1)c1ccccc1Cl. The Morgan fingerprint density at radius 3 is 2.62 bits per heavy atom. The van der Waals surface area contributed by atoms with Crippen molar-refractivity contribution in [3.05, 3.63) is 64.7 Å². The molecule has 1 amide bonds. The first-order valence-corrected chi connectivity index (χ1v) is 9.51. The molecule has 1 fully saturated rings. The van der Waals surface area contributed by atoms with E-state index in [9.17, 15) is 9.90 Å². The van der Waals surface area contributed by atoms with Gasteiger partial charge in [-0.1, -0.05) is 55.1 Å². The molecule has 1 aliphatic rings. The van der Waals surface area contributed by atoms with Gasteiger partial charge in [-0.25, -0.2) is 0 Å². The molecule has 4 nitrogen and oxygen atoms in total. The van der Waals surface area contributed by atoms with Crippen LogP contribution in [0.25, 0.3) is 0 Å². The van der Waals surface area contributed by atoms with E-state index >= 15 is 0 Å². The molecule has 0 aliphatic heterocycles. The number of hydrogen-bond donors (Lipinski definition) is 3. The van der Waals surface area contributed by atoms with Crippen molar-refractivity contribution < 1.29 is 9.90 Å². The molecule has 3 N–H and O–H groups in total. The molecule has 1 saturated carbocycles. The molecule has 0 bridgehead atoms. The van der Waals surface area contributed by atoms with Crippen molar-refractivity contribution >= 4 is 23.2 Å². The average molecular weight is 373 g/mol. The Hall–Kier alpha value is -1.88. The fraction of sp³-hybridized carbons (Fsp3) is 0.381. The molecule has 26 heavy (non-hydrogen) atoms. The lowest BCUT2D eigenvalue weighted by atomic mass is 9.85. The molecule has 3 rings (SSSR count). The summed E-state index contributed by atoms with van der Waals surface area (Å²) in [6, 6.07) is 14.7.